The molecule has 1 amide bonds. The van der Waals surface area contributed by atoms with Crippen LogP contribution in [0.4, 0.5) is 16.4 Å². The number of rotatable bonds is 5. The van der Waals surface area contributed by atoms with E-state index >= 15 is 0 Å². The van der Waals surface area contributed by atoms with Gasteiger partial charge in [0, 0.05) is 25.1 Å². The number of nitrogens with one attached hydrogen (secondary N) is 1. The molecule has 3 N–H and O–H groups in total. The summed E-state index contributed by atoms with van der Waals surface area (Å²) in [5.41, 5.74) is 6.28. The molecule has 4 aromatic rings. The molecule has 1 fully saturated rings. The molecule has 0 saturated carbocycles. The summed E-state index contributed by atoms with van der Waals surface area (Å²) in [6, 6.07) is 15.1. The number of ether oxygens (including phenoxy) is 1. The van der Waals surface area contributed by atoms with Crippen molar-refractivity contribution < 1.29 is 24.2 Å². The molecule has 1 aromatic carbocycles. The standard InChI is InChI=1S/C31H36N6O5S.H2/c1-19-17-31(5,6)36(18-19)27-21(28(38)35-43(40,41)25-12-9-15-33-26(25)32)13-14-22(34-27)24-16-20-10-7-8-11-23(20)37(24)29(39)42-30(2,3)4;/h7-16,19H,17-18H2,1-6H3,(H2,32,33)(H,35,38);1H/t19-;/m0./s1. The lowest BCUT2D eigenvalue weighted by Crippen LogP contribution is -2.41. The first-order chi connectivity index (χ1) is 20.1. The number of hydrogen-bond acceptors (Lipinski definition) is 9. The van der Waals surface area contributed by atoms with Crippen molar-refractivity contribution in [2.24, 2.45) is 5.92 Å². The number of sulfonamides is 1. The molecule has 0 radical (unpaired) electrons. The minimum Gasteiger partial charge on any atom is -0.443 e. The van der Waals surface area contributed by atoms with Crippen molar-refractivity contribution in [3.05, 3.63) is 66.4 Å². The van der Waals surface area contributed by atoms with Crippen molar-refractivity contribution >= 4 is 44.6 Å². The highest BCUT2D eigenvalue weighted by atomic mass is 32.2. The molecule has 4 heterocycles. The Balaban J connectivity index is 0.00000442. The summed E-state index contributed by atoms with van der Waals surface area (Å²) in [7, 11) is -4.33. The first kappa shape index (κ1) is 30.0. The maximum absolute atomic E-state index is 13.6. The largest absolute Gasteiger partial charge is 0.443 e. The van der Waals surface area contributed by atoms with Gasteiger partial charge < -0.3 is 15.4 Å². The van der Waals surface area contributed by atoms with Crippen LogP contribution in [0.1, 0.15) is 59.7 Å². The molecule has 0 unspecified atom stereocenters. The number of nitrogens with two attached hydrogens (primary N) is 1. The summed E-state index contributed by atoms with van der Waals surface area (Å²) in [5, 5.41) is 0.809. The Bertz CT molecular complexity index is 1850. The maximum atomic E-state index is 13.6. The van der Waals surface area contributed by atoms with Gasteiger partial charge in [0.25, 0.3) is 15.9 Å². The molecule has 5 rings (SSSR count). The molecule has 1 aliphatic heterocycles. The SMILES string of the molecule is C[C@@H]1CN(c2nc(-c3cc4ccccc4n3C(=O)OC(C)(C)C)ccc2C(=O)NS(=O)(=O)c2cccnc2N)C(C)(C)C1.[HH]. The number of nitrogens with zero attached hydrogens (tertiary/aromatic N) is 4. The van der Waals surface area contributed by atoms with E-state index in [1.54, 1.807) is 26.8 Å². The summed E-state index contributed by atoms with van der Waals surface area (Å²) in [4.78, 5) is 37.6. The van der Waals surface area contributed by atoms with Gasteiger partial charge in [-0.05, 0) is 83.4 Å². The lowest BCUT2D eigenvalue weighted by Gasteiger charge is -2.34. The Morgan fingerprint density at radius 3 is 2.49 bits per heavy atom. The van der Waals surface area contributed by atoms with E-state index in [0.29, 0.717) is 35.2 Å². The number of nitrogen functional groups attached to an aromatic ring is 1. The van der Waals surface area contributed by atoms with Gasteiger partial charge in [-0.3, -0.25) is 4.79 Å². The minimum absolute atomic E-state index is 0. The number of amides is 1. The van der Waals surface area contributed by atoms with Gasteiger partial charge in [0.15, 0.2) is 0 Å². The first-order valence-electron chi connectivity index (χ1n) is 14.0. The molecule has 12 heteroatoms. The summed E-state index contributed by atoms with van der Waals surface area (Å²) < 4.78 is 35.6. The highest BCUT2D eigenvalue weighted by Gasteiger charge is 2.39. The number of carbonyl (C=O) groups excluding carboxylic acids is 2. The number of benzene rings is 1. The number of carbonyl (C=O) groups is 2. The Labute approximate surface area is 252 Å². The lowest BCUT2D eigenvalue weighted by molar-refractivity contribution is 0.0547. The average Bonchev–Trinajstić information content (AvgIpc) is 3.43. The fraction of sp³-hybridized carbons (Fsp3) is 0.355. The average molecular weight is 607 g/mol. The van der Waals surface area contributed by atoms with E-state index in [2.05, 4.69) is 30.5 Å². The van der Waals surface area contributed by atoms with Crippen molar-refractivity contribution in [2.75, 3.05) is 17.2 Å². The van der Waals surface area contributed by atoms with Gasteiger partial charge in [0.05, 0.1) is 22.5 Å². The molecule has 43 heavy (non-hydrogen) atoms. The Kier molecular flexibility index (Phi) is 7.45. The van der Waals surface area contributed by atoms with Gasteiger partial charge in [-0.2, -0.15) is 0 Å². The molecule has 1 saturated heterocycles. The third kappa shape index (κ3) is 5.92. The highest BCUT2D eigenvalue weighted by molar-refractivity contribution is 7.90. The lowest BCUT2D eigenvalue weighted by atomic mass is 9.97. The van der Waals surface area contributed by atoms with Crippen LogP contribution in [0, 0.1) is 5.92 Å². The van der Waals surface area contributed by atoms with E-state index in [-0.39, 0.29) is 23.2 Å². The third-order valence-electron chi connectivity index (χ3n) is 7.31. The zero-order valence-electron chi connectivity index (χ0n) is 25.1. The number of aromatic nitrogens is 3. The van der Waals surface area contributed by atoms with E-state index in [1.165, 1.54) is 29.0 Å². The summed E-state index contributed by atoms with van der Waals surface area (Å²) in [6.07, 6.45) is 1.64. The molecular formula is C31H38N6O5S. The fourth-order valence-electron chi connectivity index (χ4n) is 5.64. The number of pyridine rings is 2. The van der Waals surface area contributed by atoms with Gasteiger partial charge in [-0.15, -0.1) is 0 Å². The fourth-order valence-corrected chi connectivity index (χ4v) is 6.69. The van der Waals surface area contributed by atoms with Gasteiger partial charge in [-0.1, -0.05) is 25.1 Å². The van der Waals surface area contributed by atoms with Crippen LogP contribution in [0.5, 0.6) is 0 Å². The Morgan fingerprint density at radius 1 is 1.12 bits per heavy atom. The first-order valence-corrected chi connectivity index (χ1v) is 15.5. The molecule has 0 spiro atoms. The van der Waals surface area contributed by atoms with Crippen LogP contribution in [0.2, 0.25) is 0 Å². The third-order valence-corrected chi connectivity index (χ3v) is 8.69. The predicted octanol–water partition coefficient (Wildman–Crippen LogP) is 5.45. The molecule has 0 aliphatic carbocycles. The van der Waals surface area contributed by atoms with Crippen molar-refractivity contribution in [1.29, 1.82) is 0 Å². The molecule has 1 aliphatic rings. The second-order valence-corrected chi connectivity index (χ2v) is 14.2. The van der Waals surface area contributed by atoms with E-state index in [9.17, 15) is 18.0 Å². The summed E-state index contributed by atoms with van der Waals surface area (Å²) in [5.74, 6) is -0.482. The topological polar surface area (TPSA) is 150 Å². The van der Waals surface area contributed by atoms with Crippen LogP contribution in [-0.4, -0.2) is 52.6 Å². The zero-order chi connectivity index (χ0) is 31.3. The van der Waals surface area contributed by atoms with Gasteiger partial charge in [0.2, 0.25) is 0 Å². The number of para-hydroxylation sites is 1. The molecule has 228 valence electrons. The van der Waals surface area contributed by atoms with Crippen LogP contribution in [0.15, 0.2) is 65.7 Å². The number of fused-ring (bicyclic) bond motifs is 1. The van der Waals surface area contributed by atoms with Crippen LogP contribution in [0.25, 0.3) is 22.3 Å². The summed E-state index contributed by atoms with van der Waals surface area (Å²) in [6.45, 7) is 12.2. The van der Waals surface area contributed by atoms with Crippen molar-refractivity contribution in [3.8, 4) is 11.4 Å². The number of hydrogen-bond donors (Lipinski definition) is 2. The van der Waals surface area contributed by atoms with E-state index in [1.807, 2.05) is 35.2 Å². The molecule has 3 aromatic heterocycles. The molecule has 1 atom stereocenters. The molecule has 11 nitrogen and oxygen atoms in total. The second kappa shape index (κ2) is 10.7. The van der Waals surface area contributed by atoms with Crippen LogP contribution < -0.4 is 15.4 Å². The van der Waals surface area contributed by atoms with E-state index in [0.717, 1.165) is 11.8 Å². The monoisotopic (exact) mass is 606 g/mol. The minimum atomic E-state index is -4.33. The Morgan fingerprint density at radius 2 is 1.84 bits per heavy atom. The highest BCUT2D eigenvalue weighted by Crippen LogP contribution is 2.39. The van der Waals surface area contributed by atoms with Crippen molar-refractivity contribution in [3.63, 3.8) is 0 Å². The Hall–Kier alpha value is -4.45. The summed E-state index contributed by atoms with van der Waals surface area (Å²) >= 11 is 0. The zero-order valence-corrected chi connectivity index (χ0v) is 25.9. The molecular weight excluding hydrogens is 568 g/mol. The van der Waals surface area contributed by atoms with Gasteiger partial charge in [-0.25, -0.2) is 32.5 Å². The van der Waals surface area contributed by atoms with Crippen LogP contribution >= 0.6 is 0 Å². The van der Waals surface area contributed by atoms with Crippen LogP contribution in [-0.2, 0) is 14.8 Å². The smallest absolute Gasteiger partial charge is 0.419 e. The van der Waals surface area contributed by atoms with Crippen molar-refractivity contribution in [1.82, 2.24) is 19.3 Å². The van der Waals surface area contributed by atoms with Gasteiger partial charge in [0.1, 0.15) is 22.1 Å². The van der Waals surface area contributed by atoms with Crippen molar-refractivity contribution in [2.45, 2.75) is 64.0 Å². The van der Waals surface area contributed by atoms with E-state index < -0.39 is 27.6 Å². The van der Waals surface area contributed by atoms with Gasteiger partial charge >= 0.3 is 6.09 Å². The second-order valence-electron chi connectivity index (χ2n) is 12.5. The molecule has 0 bridgehead atoms. The predicted molar refractivity (Wildman–Crippen MR) is 167 cm³/mol. The quantitative estimate of drug-likeness (QED) is 0.302. The maximum Gasteiger partial charge on any atom is 0.419 e. The normalized spacial score (nSPS) is 16.8. The van der Waals surface area contributed by atoms with E-state index in [4.69, 9.17) is 15.5 Å². The number of anilines is 2. The van der Waals surface area contributed by atoms with Crippen LogP contribution in [0.3, 0.4) is 0 Å².